The van der Waals surface area contributed by atoms with Gasteiger partial charge >= 0.3 is 0 Å². The van der Waals surface area contributed by atoms with Crippen molar-refractivity contribution in [3.8, 4) is 6.07 Å². The highest BCUT2D eigenvalue weighted by molar-refractivity contribution is 7.90. The first-order valence-electron chi connectivity index (χ1n) is 16.6. The molecule has 0 saturated carbocycles. The lowest BCUT2D eigenvalue weighted by molar-refractivity contribution is 0.0873. The van der Waals surface area contributed by atoms with E-state index in [1.165, 1.54) is 3.97 Å². The smallest absolute Gasteiger partial charge is 0.268 e. The van der Waals surface area contributed by atoms with Crippen molar-refractivity contribution >= 4 is 51.4 Å². The third-order valence-corrected chi connectivity index (χ3v) is 13.6. The zero-order chi connectivity index (χ0) is 35.9. The summed E-state index contributed by atoms with van der Waals surface area (Å²) < 4.78 is 54.6. The van der Waals surface area contributed by atoms with Gasteiger partial charge in [0.2, 0.25) is 0 Å². The standard InChI is InChI=1S/C37H47N5O4S2Si/c1-10-28-21-26(3)35-30(17-18-42(35)48(44,45)29-14-11-25(2)12-15-29)33(28)34(40-47(43)37(4,5)6)36-39-31-22-27(23-38)13-16-32(31)41(36)24-46-19-20-49(7,8)9/h11-18,21-22,34,40H,10,19-20,24H2,1-9H3. The fourth-order valence-electron chi connectivity index (χ4n) is 5.89. The molecule has 2 aromatic heterocycles. The molecule has 2 atom stereocenters. The van der Waals surface area contributed by atoms with Crippen LogP contribution < -0.4 is 4.72 Å². The summed E-state index contributed by atoms with van der Waals surface area (Å²) in [4.78, 5) is 5.29. The van der Waals surface area contributed by atoms with Crippen molar-refractivity contribution in [2.75, 3.05) is 6.61 Å². The van der Waals surface area contributed by atoms with E-state index in [1.807, 2.05) is 57.4 Å². The van der Waals surface area contributed by atoms with Crippen LogP contribution in [0.4, 0.5) is 0 Å². The molecule has 0 saturated heterocycles. The topological polar surface area (TPSA) is 125 Å². The Kier molecular flexibility index (Phi) is 10.6. The molecule has 0 spiro atoms. The van der Waals surface area contributed by atoms with E-state index in [-0.39, 0.29) is 11.6 Å². The summed E-state index contributed by atoms with van der Waals surface area (Å²) >= 11 is -1.54. The zero-order valence-corrected chi connectivity index (χ0v) is 32.6. The van der Waals surface area contributed by atoms with Crippen LogP contribution in [0.3, 0.4) is 0 Å². The molecule has 12 heteroatoms. The number of nitriles is 1. The van der Waals surface area contributed by atoms with E-state index in [0.29, 0.717) is 35.4 Å². The van der Waals surface area contributed by atoms with E-state index in [4.69, 9.17) is 9.72 Å². The molecular weight excluding hydrogens is 671 g/mol. The van der Waals surface area contributed by atoms with Crippen LogP contribution >= 0.6 is 0 Å². The Morgan fingerprint density at radius 3 is 2.39 bits per heavy atom. The maximum Gasteiger partial charge on any atom is 0.268 e. The highest BCUT2D eigenvalue weighted by atomic mass is 32.2. The Labute approximate surface area is 294 Å². The van der Waals surface area contributed by atoms with E-state index >= 15 is 0 Å². The van der Waals surface area contributed by atoms with Crippen molar-refractivity contribution < 1.29 is 17.7 Å². The van der Waals surface area contributed by atoms with Gasteiger partial charge in [-0.25, -0.2) is 17.4 Å². The van der Waals surface area contributed by atoms with Crippen LogP contribution in [0.1, 0.15) is 67.4 Å². The van der Waals surface area contributed by atoms with Crippen LogP contribution in [0.25, 0.3) is 21.9 Å². The summed E-state index contributed by atoms with van der Waals surface area (Å²) in [6, 6.07) is 18.6. The Hall–Kier alpha value is -3.44. The number of fused-ring (bicyclic) bond motifs is 2. The summed E-state index contributed by atoms with van der Waals surface area (Å²) in [7, 11) is -5.28. The summed E-state index contributed by atoms with van der Waals surface area (Å²) in [6.45, 7) is 19.3. The third-order valence-electron chi connectivity index (χ3n) is 8.66. The fourth-order valence-corrected chi connectivity index (χ4v) is 8.85. The SMILES string of the molecule is CCc1cc(C)c2c(ccn2S(=O)(=O)c2ccc(C)cc2)c1C(N[S+]([O-])C(C)(C)C)c1nc2cc(C#N)ccc2n1COCC[Si](C)(C)C. The molecule has 0 bridgehead atoms. The van der Waals surface area contributed by atoms with Crippen LogP contribution in [-0.2, 0) is 39.3 Å². The lowest BCUT2D eigenvalue weighted by Gasteiger charge is -2.30. The van der Waals surface area contributed by atoms with Crippen molar-refractivity contribution in [2.45, 2.75) is 96.1 Å². The largest absolute Gasteiger partial charge is 0.598 e. The number of nitrogens with one attached hydrogen (secondary N) is 1. The normalized spacial score (nSPS) is 14.0. The molecule has 49 heavy (non-hydrogen) atoms. The van der Waals surface area contributed by atoms with Crippen LogP contribution in [0, 0.1) is 25.2 Å². The highest BCUT2D eigenvalue weighted by Crippen LogP contribution is 2.38. The average Bonchev–Trinajstić information content (AvgIpc) is 3.64. The van der Waals surface area contributed by atoms with Gasteiger partial charge in [0.05, 0.1) is 33.1 Å². The number of rotatable bonds is 12. The molecule has 260 valence electrons. The van der Waals surface area contributed by atoms with Crippen molar-refractivity contribution in [1.29, 1.82) is 5.26 Å². The van der Waals surface area contributed by atoms with Gasteiger partial charge in [0.1, 0.15) is 23.3 Å². The molecule has 0 aliphatic heterocycles. The van der Waals surface area contributed by atoms with Crippen LogP contribution in [0.15, 0.2) is 65.7 Å². The maximum atomic E-state index is 14.1. The van der Waals surface area contributed by atoms with E-state index in [9.17, 15) is 18.2 Å². The molecule has 2 heterocycles. The minimum Gasteiger partial charge on any atom is -0.598 e. The van der Waals surface area contributed by atoms with Gasteiger partial charge in [-0.2, -0.15) is 5.26 Å². The predicted octanol–water partition coefficient (Wildman–Crippen LogP) is 7.73. The Morgan fingerprint density at radius 1 is 1.08 bits per heavy atom. The van der Waals surface area contributed by atoms with E-state index in [2.05, 4.69) is 37.4 Å². The molecule has 0 aliphatic carbocycles. The van der Waals surface area contributed by atoms with Gasteiger partial charge in [-0.05, 0) is 100 Å². The third kappa shape index (κ3) is 7.67. The molecular formula is C37H47N5O4S2Si. The second-order valence-corrected chi connectivity index (χ2v) is 24.2. The highest BCUT2D eigenvalue weighted by Gasteiger charge is 2.36. The fraction of sp³-hybridized carbons (Fsp3) is 0.405. The number of hydrogen-bond acceptors (Lipinski definition) is 7. The van der Waals surface area contributed by atoms with Crippen LogP contribution in [0.2, 0.25) is 25.7 Å². The lowest BCUT2D eigenvalue weighted by atomic mass is 9.92. The second-order valence-electron chi connectivity index (χ2n) is 14.8. The van der Waals surface area contributed by atoms with E-state index < -0.39 is 40.2 Å². The quantitative estimate of drug-likeness (QED) is 0.0796. The number of aromatic nitrogens is 3. The van der Waals surface area contributed by atoms with Gasteiger partial charge in [-0.3, -0.25) is 0 Å². The summed E-state index contributed by atoms with van der Waals surface area (Å²) in [5.74, 6) is 0.574. The second kappa shape index (κ2) is 14.1. The van der Waals surface area contributed by atoms with Crippen molar-refractivity contribution in [3.63, 3.8) is 0 Å². The number of nitrogens with zero attached hydrogens (tertiary/aromatic N) is 4. The van der Waals surface area contributed by atoms with Crippen molar-refractivity contribution in [2.24, 2.45) is 0 Å². The first kappa shape index (κ1) is 36.8. The monoisotopic (exact) mass is 717 g/mol. The summed E-state index contributed by atoms with van der Waals surface area (Å²) in [6.07, 6.45) is 2.25. The molecule has 5 rings (SSSR count). The number of ether oxygens (including phenoxy) is 1. The van der Waals surface area contributed by atoms with Crippen molar-refractivity contribution in [3.05, 3.63) is 94.4 Å². The van der Waals surface area contributed by atoms with Gasteiger partial charge < -0.3 is 13.9 Å². The zero-order valence-electron chi connectivity index (χ0n) is 29.9. The van der Waals surface area contributed by atoms with Crippen LogP contribution in [-0.4, -0.2) is 45.9 Å². The average molecular weight is 718 g/mol. The van der Waals surface area contributed by atoms with E-state index in [1.54, 1.807) is 42.6 Å². The minimum atomic E-state index is -3.93. The number of hydrogen-bond donors (Lipinski definition) is 1. The number of benzene rings is 3. The Morgan fingerprint density at radius 2 is 1.78 bits per heavy atom. The molecule has 0 radical (unpaired) electrons. The van der Waals surface area contributed by atoms with Gasteiger partial charge in [0.15, 0.2) is 0 Å². The molecule has 5 aromatic rings. The van der Waals surface area contributed by atoms with Crippen LogP contribution in [0.5, 0.6) is 0 Å². The van der Waals surface area contributed by atoms with Gasteiger partial charge in [0.25, 0.3) is 10.0 Å². The molecule has 9 nitrogen and oxygen atoms in total. The Bertz CT molecular complexity index is 2140. The molecule has 0 fully saturated rings. The molecule has 0 aliphatic rings. The molecule has 2 unspecified atom stereocenters. The molecule has 1 N–H and O–H groups in total. The number of imidazole rings is 1. The lowest BCUT2D eigenvalue weighted by Crippen LogP contribution is -2.42. The first-order chi connectivity index (χ1) is 23.0. The summed E-state index contributed by atoms with van der Waals surface area (Å²) in [5, 5.41) is 10.4. The van der Waals surface area contributed by atoms with Gasteiger partial charge in [-0.15, -0.1) is 4.72 Å². The first-order valence-corrected chi connectivity index (χ1v) is 22.9. The maximum absolute atomic E-state index is 14.1. The van der Waals surface area contributed by atoms with Crippen molar-refractivity contribution in [1.82, 2.24) is 18.2 Å². The Balaban J connectivity index is 1.78. The van der Waals surface area contributed by atoms with Gasteiger partial charge in [-0.1, -0.05) is 50.3 Å². The summed E-state index contributed by atoms with van der Waals surface area (Å²) in [5.41, 5.74) is 6.02. The molecule has 3 aromatic carbocycles. The van der Waals surface area contributed by atoms with E-state index in [0.717, 1.165) is 39.2 Å². The molecule has 0 amide bonds. The minimum absolute atomic E-state index is 0.199. The number of aryl methyl sites for hydroxylation is 3. The van der Waals surface area contributed by atoms with Gasteiger partial charge in [0, 0.05) is 37.6 Å². The predicted molar refractivity (Wildman–Crippen MR) is 201 cm³/mol.